The molecule has 1 saturated heterocycles. The number of piperazine rings is 1. The smallest absolute Gasteiger partial charge is 0.323 e. The molecule has 4 rings (SSSR count). The largest absolute Gasteiger partial charge is 0.368 e. The number of halogens is 2. The highest BCUT2D eigenvalue weighted by atomic mass is 19.1. The molecule has 3 aromatic rings. The lowest BCUT2D eigenvalue weighted by Crippen LogP contribution is -2.49. The van der Waals surface area contributed by atoms with Crippen LogP contribution in [-0.4, -0.2) is 43.0 Å². The highest BCUT2D eigenvalue weighted by Gasteiger charge is 2.21. The number of carbonyl (C=O) groups excluding carboxylic acids is 2. The van der Waals surface area contributed by atoms with Crippen molar-refractivity contribution >= 4 is 29.0 Å². The van der Waals surface area contributed by atoms with Gasteiger partial charge in [-0.2, -0.15) is 0 Å². The van der Waals surface area contributed by atoms with Gasteiger partial charge in [0.15, 0.2) is 0 Å². The van der Waals surface area contributed by atoms with E-state index in [-0.39, 0.29) is 18.1 Å². The second-order valence-corrected chi connectivity index (χ2v) is 7.81. The molecule has 0 radical (unpaired) electrons. The van der Waals surface area contributed by atoms with Gasteiger partial charge >= 0.3 is 6.03 Å². The van der Waals surface area contributed by atoms with Crippen LogP contribution in [0.15, 0.2) is 72.8 Å². The lowest BCUT2D eigenvalue weighted by molar-refractivity contribution is -0.130. The summed E-state index contributed by atoms with van der Waals surface area (Å²) in [5.74, 6) is -0.701. The fourth-order valence-corrected chi connectivity index (χ4v) is 3.72. The first-order chi connectivity index (χ1) is 16.0. The van der Waals surface area contributed by atoms with Gasteiger partial charge in [-0.15, -0.1) is 0 Å². The summed E-state index contributed by atoms with van der Waals surface area (Å²) in [6.45, 7) is 2.61. The maximum absolute atomic E-state index is 13.2. The molecule has 0 aliphatic carbocycles. The fourth-order valence-electron chi connectivity index (χ4n) is 3.72. The summed E-state index contributed by atoms with van der Waals surface area (Å²) in [6.07, 6.45) is 0.262. The summed E-state index contributed by atoms with van der Waals surface area (Å²) in [5.41, 5.74) is 2.78. The number of urea groups is 1. The first-order valence-corrected chi connectivity index (χ1v) is 10.7. The highest BCUT2D eigenvalue weighted by molar-refractivity contribution is 5.99. The molecule has 2 N–H and O–H groups in total. The van der Waals surface area contributed by atoms with Crippen molar-refractivity contribution in [3.8, 4) is 0 Å². The van der Waals surface area contributed by atoms with Crippen LogP contribution in [0.25, 0.3) is 0 Å². The van der Waals surface area contributed by atoms with Crippen LogP contribution in [-0.2, 0) is 11.2 Å². The van der Waals surface area contributed by atoms with E-state index in [2.05, 4.69) is 15.5 Å². The third kappa shape index (κ3) is 6.06. The van der Waals surface area contributed by atoms with Crippen molar-refractivity contribution in [2.75, 3.05) is 41.7 Å². The first-order valence-electron chi connectivity index (χ1n) is 10.7. The van der Waals surface area contributed by atoms with E-state index in [4.69, 9.17) is 0 Å². The molecule has 1 fully saturated rings. The maximum Gasteiger partial charge on any atom is 0.323 e. The average molecular weight is 450 g/mol. The van der Waals surface area contributed by atoms with Crippen molar-refractivity contribution in [1.29, 1.82) is 0 Å². The molecule has 0 aromatic heterocycles. The van der Waals surface area contributed by atoms with Crippen LogP contribution in [0.1, 0.15) is 5.56 Å². The third-order valence-electron chi connectivity index (χ3n) is 5.47. The SMILES string of the molecule is O=C(Nc1ccc(N2CCN(C(=O)Cc3ccc(F)cc3)CC2)cc1)Nc1cccc(F)c1. The van der Waals surface area contributed by atoms with Crippen molar-refractivity contribution in [2.24, 2.45) is 0 Å². The summed E-state index contributed by atoms with van der Waals surface area (Å²) >= 11 is 0. The van der Waals surface area contributed by atoms with Crippen molar-refractivity contribution in [1.82, 2.24) is 4.90 Å². The molecule has 0 unspecified atom stereocenters. The van der Waals surface area contributed by atoms with Gasteiger partial charge in [-0.25, -0.2) is 13.6 Å². The molecule has 3 aromatic carbocycles. The molecule has 0 atom stereocenters. The van der Waals surface area contributed by atoms with Gasteiger partial charge in [-0.05, 0) is 60.2 Å². The van der Waals surface area contributed by atoms with E-state index >= 15 is 0 Å². The predicted octanol–water partition coefficient (Wildman–Crippen LogP) is 4.50. The molecule has 1 heterocycles. The number of carbonyl (C=O) groups is 2. The number of anilines is 3. The molecular formula is C25H24F2N4O2. The molecule has 1 aliphatic rings. The Labute approximate surface area is 190 Å². The molecular weight excluding hydrogens is 426 g/mol. The van der Waals surface area contributed by atoms with Crippen molar-refractivity contribution in [3.63, 3.8) is 0 Å². The molecule has 170 valence electrons. The second-order valence-electron chi connectivity index (χ2n) is 7.81. The molecule has 6 nitrogen and oxygen atoms in total. The monoisotopic (exact) mass is 450 g/mol. The van der Waals surface area contributed by atoms with Gasteiger partial charge in [0.25, 0.3) is 0 Å². The molecule has 8 heteroatoms. The lowest BCUT2D eigenvalue weighted by Gasteiger charge is -2.36. The minimum Gasteiger partial charge on any atom is -0.368 e. The Morgan fingerprint density at radius 1 is 0.758 bits per heavy atom. The van der Waals surface area contributed by atoms with E-state index in [0.29, 0.717) is 37.6 Å². The maximum atomic E-state index is 13.2. The number of rotatable bonds is 5. The highest BCUT2D eigenvalue weighted by Crippen LogP contribution is 2.20. The van der Waals surface area contributed by atoms with E-state index < -0.39 is 11.8 Å². The van der Waals surface area contributed by atoms with Crippen LogP contribution in [0.2, 0.25) is 0 Å². The Morgan fingerprint density at radius 2 is 1.42 bits per heavy atom. The predicted molar refractivity (Wildman–Crippen MR) is 124 cm³/mol. The van der Waals surface area contributed by atoms with E-state index in [0.717, 1.165) is 11.3 Å². The Bertz CT molecular complexity index is 1110. The summed E-state index contributed by atoms with van der Waals surface area (Å²) in [4.78, 5) is 28.7. The van der Waals surface area contributed by atoms with Crippen LogP contribution in [0.3, 0.4) is 0 Å². The van der Waals surface area contributed by atoms with Crippen LogP contribution < -0.4 is 15.5 Å². The number of hydrogen-bond acceptors (Lipinski definition) is 3. The van der Waals surface area contributed by atoms with E-state index in [1.807, 2.05) is 17.0 Å². The quantitative estimate of drug-likeness (QED) is 0.602. The zero-order chi connectivity index (χ0) is 23.2. The van der Waals surface area contributed by atoms with Gasteiger partial charge in [-0.1, -0.05) is 18.2 Å². The minimum absolute atomic E-state index is 0.0325. The van der Waals surface area contributed by atoms with Crippen LogP contribution in [0.4, 0.5) is 30.6 Å². The number of nitrogens with zero attached hydrogens (tertiary/aromatic N) is 2. The van der Waals surface area contributed by atoms with Crippen molar-refractivity contribution < 1.29 is 18.4 Å². The zero-order valence-electron chi connectivity index (χ0n) is 17.9. The Balaban J connectivity index is 1.26. The standard InChI is InChI=1S/C25H24F2N4O2/c26-19-6-4-18(5-7-19)16-24(32)31-14-12-30(13-15-31)23-10-8-21(9-11-23)28-25(33)29-22-3-1-2-20(27)17-22/h1-11,17H,12-16H2,(H2,28,29,33). The minimum atomic E-state index is -0.457. The Morgan fingerprint density at radius 3 is 2.09 bits per heavy atom. The van der Waals surface area contributed by atoms with E-state index in [9.17, 15) is 18.4 Å². The Hall–Kier alpha value is -3.94. The summed E-state index contributed by atoms with van der Waals surface area (Å²) in [6, 6.07) is 18.6. The lowest BCUT2D eigenvalue weighted by atomic mass is 10.1. The van der Waals surface area contributed by atoms with Crippen LogP contribution in [0.5, 0.6) is 0 Å². The summed E-state index contributed by atoms with van der Waals surface area (Å²) in [5, 5.41) is 5.31. The topological polar surface area (TPSA) is 64.7 Å². The van der Waals surface area contributed by atoms with Crippen LogP contribution >= 0.6 is 0 Å². The fraction of sp³-hybridized carbons (Fsp3) is 0.200. The molecule has 33 heavy (non-hydrogen) atoms. The number of hydrogen-bond donors (Lipinski definition) is 2. The van der Waals surface area contributed by atoms with Gasteiger partial charge in [0.1, 0.15) is 11.6 Å². The van der Waals surface area contributed by atoms with E-state index in [1.165, 1.54) is 30.3 Å². The molecule has 0 saturated carbocycles. The summed E-state index contributed by atoms with van der Waals surface area (Å²) in [7, 11) is 0. The van der Waals surface area contributed by atoms with Gasteiger partial charge in [0.05, 0.1) is 6.42 Å². The van der Waals surface area contributed by atoms with Crippen molar-refractivity contribution in [3.05, 3.63) is 90.0 Å². The van der Waals surface area contributed by atoms with Gasteiger partial charge in [0.2, 0.25) is 5.91 Å². The van der Waals surface area contributed by atoms with Gasteiger partial charge < -0.3 is 20.4 Å². The van der Waals surface area contributed by atoms with Gasteiger partial charge in [0, 0.05) is 43.2 Å². The molecule has 3 amide bonds. The molecule has 1 aliphatic heterocycles. The second kappa shape index (κ2) is 10.1. The normalized spacial score (nSPS) is 13.5. The molecule has 0 spiro atoms. The summed E-state index contributed by atoms with van der Waals surface area (Å²) < 4.78 is 26.3. The van der Waals surface area contributed by atoms with Crippen LogP contribution in [0, 0.1) is 11.6 Å². The van der Waals surface area contributed by atoms with Gasteiger partial charge in [-0.3, -0.25) is 4.79 Å². The van der Waals surface area contributed by atoms with E-state index in [1.54, 1.807) is 30.3 Å². The number of nitrogens with one attached hydrogen (secondary N) is 2. The molecule has 0 bridgehead atoms. The third-order valence-corrected chi connectivity index (χ3v) is 5.47. The van der Waals surface area contributed by atoms with Crippen molar-refractivity contribution in [2.45, 2.75) is 6.42 Å². The number of amides is 3. The average Bonchev–Trinajstić information content (AvgIpc) is 2.81. The number of benzene rings is 3. The zero-order valence-corrected chi connectivity index (χ0v) is 17.9. The Kier molecular flexibility index (Phi) is 6.83. The first kappa shape index (κ1) is 22.3.